The topological polar surface area (TPSA) is 91.7 Å². The fourth-order valence-corrected chi connectivity index (χ4v) is 1.27. The van der Waals surface area contributed by atoms with Gasteiger partial charge in [0, 0.05) is 6.04 Å². The van der Waals surface area contributed by atoms with E-state index < -0.39 is 17.3 Å². The van der Waals surface area contributed by atoms with Gasteiger partial charge in [-0.1, -0.05) is 25.4 Å². The summed E-state index contributed by atoms with van der Waals surface area (Å²) in [4.78, 5) is 26.5. The number of aromatic amines is 2. The van der Waals surface area contributed by atoms with Crippen LogP contribution in [0, 0.1) is 5.92 Å². The second-order valence-electron chi connectivity index (χ2n) is 3.41. The summed E-state index contributed by atoms with van der Waals surface area (Å²) in [6, 6.07) is -0.447. The van der Waals surface area contributed by atoms with E-state index in [1.807, 2.05) is 18.8 Å². The van der Waals surface area contributed by atoms with Crippen LogP contribution in [-0.2, 0) is 0 Å². The largest absolute Gasteiger partial charge is 0.326 e. The van der Waals surface area contributed by atoms with Crippen LogP contribution in [0.3, 0.4) is 0 Å². The first kappa shape index (κ1) is 11.0. The summed E-state index contributed by atoms with van der Waals surface area (Å²) in [5.41, 5.74) is 4.85. The third-order valence-corrected chi connectivity index (χ3v) is 2.34. The maximum Gasteiger partial charge on any atom is 0.326 e. The number of hydrogen-bond acceptors (Lipinski definition) is 3. The van der Waals surface area contributed by atoms with E-state index in [0.717, 1.165) is 0 Å². The molecule has 1 atom stereocenters. The van der Waals surface area contributed by atoms with Crippen LogP contribution in [0.15, 0.2) is 9.59 Å². The van der Waals surface area contributed by atoms with E-state index in [0.29, 0.717) is 0 Å². The molecule has 6 heteroatoms. The maximum absolute atomic E-state index is 11.1. The molecular weight excluding hydrogens is 206 g/mol. The Morgan fingerprint density at radius 2 is 1.86 bits per heavy atom. The van der Waals surface area contributed by atoms with Crippen molar-refractivity contribution in [2.24, 2.45) is 11.7 Å². The van der Waals surface area contributed by atoms with Gasteiger partial charge in [-0.25, -0.2) is 4.79 Å². The highest BCUT2D eigenvalue weighted by Gasteiger charge is 2.17. The van der Waals surface area contributed by atoms with Crippen LogP contribution < -0.4 is 17.0 Å². The number of rotatable bonds is 2. The maximum atomic E-state index is 11.1. The summed E-state index contributed by atoms with van der Waals surface area (Å²) < 4.78 is 0. The molecule has 1 aromatic rings. The molecule has 0 amide bonds. The lowest BCUT2D eigenvalue weighted by Gasteiger charge is -2.15. The molecule has 0 saturated carbocycles. The summed E-state index contributed by atoms with van der Waals surface area (Å²) in [7, 11) is 0. The number of nitrogens with two attached hydrogens (primary N) is 1. The van der Waals surface area contributed by atoms with Crippen molar-refractivity contribution in [3.8, 4) is 0 Å². The molecule has 0 radical (unpaired) electrons. The lowest BCUT2D eigenvalue weighted by Crippen LogP contribution is -2.29. The quantitative estimate of drug-likeness (QED) is 0.669. The fourth-order valence-electron chi connectivity index (χ4n) is 1.05. The minimum absolute atomic E-state index is 0.0502. The standard InChI is InChI=1S/C8H12ClN3O2/c1-3(2)5(10)6-4(9)7(13)12-8(14)11-6/h3,5H,10H2,1-2H3,(H2,11,12,13,14)/t5-/m0/s1. The van der Waals surface area contributed by atoms with Gasteiger partial charge in [0.15, 0.2) is 0 Å². The van der Waals surface area contributed by atoms with E-state index in [2.05, 4.69) is 4.98 Å². The molecule has 4 N–H and O–H groups in total. The van der Waals surface area contributed by atoms with Gasteiger partial charge < -0.3 is 10.7 Å². The first-order valence-corrected chi connectivity index (χ1v) is 4.59. The molecule has 0 aliphatic heterocycles. The average molecular weight is 218 g/mol. The van der Waals surface area contributed by atoms with E-state index in [4.69, 9.17) is 17.3 Å². The van der Waals surface area contributed by atoms with E-state index >= 15 is 0 Å². The number of hydrogen-bond donors (Lipinski definition) is 3. The molecule has 0 aromatic carbocycles. The molecule has 14 heavy (non-hydrogen) atoms. The van der Waals surface area contributed by atoms with Crippen LogP contribution >= 0.6 is 11.6 Å². The lowest BCUT2D eigenvalue weighted by molar-refractivity contribution is 0.500. The molecule has 0 saturated heterocycles. The van der Waals surface area contributed by atoms with Gasteiger partial charge in [-0.2, -0.15) is 0 Å². The highest BCUT2D eigenvalue weighted by molar-refractivity contribution is 6.31. The van der Waals surface area contributed by atoms with Crippen LogP contribution in [0.1, 0.15) is 25.6 Å². The van der Waals surface area contributed by atoms with Crippen molar-refractivity contribution < 1.29 is 0 Å². The first-order chi connectivity index (χ1) is 6.43. The Labute approximate surface area is 85.3 Å². The smallest absolute Gasteiger partial charge is 0.322 e. The molecule has 0 aliphatic carbocycles. The van der Waals surface area contributed by atoms with E-state index in [9.17, 15) is 9.59 Å². The van der Waals surface area contributed by atoms with E-state index in [1.54, 1.807) is 0 Å². The van der Waals surface area contributed by atoms with Crippen molar-refractivity contribution in [1.82, 2.24) is 9.97 Å². The second-order valence-corrected chi connectivity index (χ2v) is 3.78. The molecular formula is C8H12ClN3O2. The minimum atomic E-state index is -0.610. The van der Waals surface area contributed by atoms with Crippen LogP contribution in [-0.4, -0.2) is 9.97 Å². The van der Waals surface area contributed by atoms with Gasteiger partial charge in [0.25, 0.3) is 5.56 Å². The number of halogens is 1. The lowest BCUT2D eigenvalue weighted by atomic mass is 10.0. The number of nitrogens with one attached hydrogen (secondary N) is 2. The third kappa shape index (κ3) is 2.05. The zero-order valence-electron chi connectivity index (χ0n) is 7.93. The van der Waals surface area contributed by atoms with Gasteiger partial charge in [-0.05, 0) is 5.92 Å². The molecule has 0 unspecified atom stereocenters. The van der Waals surface area contributed by atoms with Crippen LogP contribution in [0.25, 0.3) is 0 Å². The predicted octanol–water partition coefficient (Wildman–Crippen LogP) is 0.372. The number of H-pyrrole nitrogens is 2. The van der Waals surface area contributed by atoms with Crippen LogP contribution in [0.5, 0.6) is 0 Å². The molecule has 1 heterocycles. The first-order valence-electron chi connectivity index (χ1n) is 4.21. The third-order valence-electron chi connectivity index (χ3n) is 1.96. The highest BCUT2D eigenvalue weighted by atomic mass is 35.5. The Kier molecular flexibility index (Phi) is 3.13. The van der Waals surface area contributed by atoms with E-state index in [-0.39, 0.29) is 16.6 Å². The Balaban J connectivity index is 3.34. The summed E-state index contributed by atoms with van der Waals surface area (Å²) in [5.74, 6) is 0.0879. The zero-order valence-corrected chi connectivity index (χ0v) is 8.68. The SMILES string of the molecule is CC(C)[C@H](N)c1[nH]c(=O)[nH]c(=O)c1Cl. The molecule has 78 valence electrons. The Morgan fingerprint density at radius 1 is 1.29 bits per heavy atom. The van der Waals surface area contributed by atoms with Gasteiger partial charge in [0.1, 0.15) is 5.02 Å². The molecule has 5 nitrogen and oxygen atoms in total. The Bertz CT molecular complexity index is 435. The zero-order chi connectivity index (χ0) is 10.9. The summed E-state index contributed by atoms with van der Waals surface area (Å²) in [6.07, 6.45) is 0. The van der Waals surface area contributed by atoms with Crippen molar-refractivity contribution in [2.75, 3.05) is 0 Å². The van der Waals surface area contributed by atoms with Gasteiger partial charge in [-0.3, -0.25) is 9.78 Å². The second kappa shape index (κ2) is 3.98. The van der Waals surface area contributed by atoms with Gasteiger partial charge in [0.2, 0.25) is 0 Å². The van der Waals surface area contributed by atoms with Gasteiger partial charge in [0.05, 0.1) is 5.69 Å². The molecule has 0 aliphatic rings. The van der Waals surface area contributed by atoms with Crippen molar-refractivity contribution in [2.45, 2.75) is 19.9 Å². The number of aromatic nitrogens is 2. The summed E-state index contributed by atoms with van der Waals surface area (Å²) in [5, 5.41) is -0.0502. The van der Waals surface area contributed by atoms with Gasteiger partial charge in [-0.15, -0.1) is 0 Å². The molecule has 1 rings (SSSR count). The van der Waals surface area contributed by atoms with Crippen LogP contribution in [0.2, 0.25) is 5.02 Å². The van der Waals surface area contributed by atoms with Crippen molar-refractivity contribution in [3.05, 3.63) is 31.6 Å². The molecule has 1 aromatic heterocycles. The monoisotopic (exact) mass is 217 g/mol. The van der Waals surface area contributed by atoms with E-state index in [1.165, 1.54) is 0 Å². The fraction of sp³-hybridized carbons (Fsp3) is 0.500. The minimum Gasteiger partial charge on any atom is -0.322 e. The Morgan fingerprint density at radius 3 is 2.36 bits per heavy atom. The summed E-state index contributed by atoms with van der Waals surface area (Å²) >= 11 is 5.71. The van der Waals surface area contributed by atoms with Gasteiger partial charge >= 0.3 is 5.69 Å². The predicted molar refractivity (Wildman–Crippen MR) is 54.5 cm³/mol. The molecule has 0 spiro atoms. The molecule has 0 bridgehead atoms. The average Bonchev–Trinajstić information content (AvgIpc) is 2.09. The van der Waals surface area contributed by atoms with Crippen molar-refractivity contribution >= 4 is 11.6 Å². The highest BCUT2D eigenvalue weighted by Crippen LogP contribution is 2.19. The summed E-state index contributed by atoms with van der Waals surface area (Å²) in [6.45, 7) is 3.75. The van der Waals surface area contributed by atoms with Crippen LogP contribution in [0.4, 0.5) is 0 Å². The molecule has 0 fully saturated rings. The van der Waals surface area contributed by atoms with Crippen molar-refractivity contribution in [1.29, 1.82) is 0 Å². The Hall–Kier alpha value is -1.07. The normalized spacial score (nSPS) is 13.2. The van der Waals surface area contributed by atoms with Crippen molar-refractivity contribution in [3.63, 3.8) is 0 Å².